The molecule has 0 fully saturated rings. The van der Waals surface area contributed by atoms with Gasteiger partial charge in [-0.15, -0.1) is 0 Å². The molecule has 1 N–H and O–H groups in total. The van der Waals surface area contributed by atoms with Crippen molar-refractivity contribution >= 4 is 16.9 Å². The van der Waals surface area contributed by atoms with E-state index in [2.05, 4.69) is 36.2 Å². The summed E-state index contributed by atoms with van der Waals surface area (Å²) >= 11 is 0. The monoisotopic (exact) mass is 279 g/mol. The predicted molar refractivity (Wildman–Crippen MR) is 83.6 cm³/mol. The van der Waals surface area contributed by atoms with Crippen LogP contribution in [0.5, 0.6) is 0 Å². The van der Waals surface area contributed by atoms with Gasteiger partial charge < -0.3 is 9.72 Å². The summed E-state index contributed by atoms with van der Waals surface area (Å²) in [7, 11) is 1.41. The third kappa shape index (κ3) is 2.55. The van der Waals surface area contributed by atoms with Gasteiger partial charge in [0.1, 0.15) is 5.69 Å². The SMILES string of the molecule is COC(=O)c1[nH]c2ccccc2c1Cc1ccc(C)cc1. The first kappa shape index (κ1) is 13.4. The molecule has 0 aliphatic rings. The number of aromatic nitrogens is 1. The predicted octanol–water partition coefficient (Wildman–Crippen LogP) is 3.85. The quantitative estimate of drug-likeness (QED) is 0.740. The van der Waals surface area contributed by atoms with Gasteiger partial charge in [-0.1, -0.05) is 48.0 Å². The summed E-state index contributed by atoms with van der Waals surface area (Å²) < 4.78 is 4.89. The van der Waals surface area contributed by atoms with Gasteiger partial charge in [-0.2, -0.15) is 0 Å². The van der Waals surface area contributed by atoms with Crippen LogP contribution in [-0.4, -0.2) is 18.1 Å². The van der Waals surface area contributed by atoms with E-state index < -0.39 is 0 Å². The fraction of sp³-hybridized carbons (Fsp3) is 0.167. The lowest BCUT2D eigenvalue weighted by Gasteiger charge is -2.04. The Hall–Kier alpha value is -2.55. The number of benzene rings is 2. The summed E-state index contributed by atoms with van der Waals surface area (Å²) in [5, 5.41) is 1.07. The van der Waals surface area contributed by atoms with Gasteiger partial charge in [0.2, 0.25) is 0 Å². The number of ether oxygens (including phenoxy) is 1. The summed E-state index contributed by atoms with van der Waals surface area (Å²) in [4.78, 5) is 15.2. The molecule has 0 saturated heterocycles. The van der Waals surface area contributed by atoms with Crippen molar-refractivity contribution in [3.63, 3.8) is 0 Å². The molecule has 3 nitrogen and oxygen atoms in total. The molecule has 3 rings (SSSR count). The van der Waals surface area contributed by atoms with Gasteiger partial charge in [-0.25, -0.2) is 4.79 Å². The normalized spacial score (nSPS) is 10.8. The lowest BCUT2D eigenvalue weighted by atomic mass is 10.0. The fourth-order valence-electron chi connectivity index (χ4n) is 2.57. The summed E-state index contributed by atoms with van der Waals surface area (Å²) in [6.07, 6.45) is 0.703. The van der Waals surface area contributed by atoms with Crippen molar-refractivity contribution in [2.45, 2.75) is 13.3 Å². The lowest BCUT2D eigenvalue weighted by molar-refractivity contribution is 0.0594. The maximum absolute atomic E-state index is 12.0. The maximum Gasteiger partial charge on any atom is 0.354 e. The first-order valence-corrected chi connectivity index (χ1v) is 6.92. The molecule has 0 saturated carbocycles. The van der Waals surface area contributed by atoms with Crippen LogP contribution < -0.4 is 0 Å². The zero-order valence-electron chi connectivity index (χ0n) is 12.1. The minimum absolute atomic E-state index is 0.326. The second-order valence-corrected chi connectivity index (χ2v) is 5.18. The van der Waals surface area contributed by atoms with E-state index in [1.165, 1.54) is 18.2 Å². The van der Waals surface area contributed by atoms with Crippen molar-refractivity contribution in [3.8, 4) is 0 Å². The number of aryl methyl sites for hydroxylation is 1. The Morgan fingerprint density at radius 3 is 2.52 bits per heavy atom. The molecule has 0 unspecified atom stereocenters. The molecule has 106 valence electrons. The number of hydrogen-bond donors (Lipinski definition) is 1. The van der Waals surface area contributed by atoms with Crippen molar-refractivity contribution in [3.05, 3.63) is 70.9 Å². The molecule has 2 aromatic carbocycles. The Kier molecular flexibility index (Phi) is 3.48. The maximum atomic E-state index is 12.0. The number of nitrogens with one attached hydrogen (secondary N) is 1. The van der Waals surface area contributed by atoms with E-state index in [9.17, 15) is 4.79 Å². The second-order valence-electron chi connectivity index (χ2n) is 5.18. The molecule has 0 atom stereocenters. The molecular weight excluding hydrogens is 262 g/mol. The third-order valence-electron chi connectivity index (χ3n) is 3.70. The van der Waals surface area contributed by atoms with Crippen LogP contribution in [0.25, 0.3) is 10.9 Å². The highest BCUT2D eigenvalue weighted by Gasteiger charge is 2.18. The molecule has 1 heterocycles. The molecular formula is C18H17NO2. The van der Waals surface area contributed by atoms with Crippen LogP contribution in [0.1, 0.15) is 27.2 Å². The van der Waals surface area contributed by atoms with Gasteiger partial charge in [0.05, 0.1) is 7.11 Å². The number of carbonyl (C=O) groups excluding carboxylic acids is 1. The number of H-pyrrole nitrogens is 1. The first-order chi connectivity index (χ1) is 10.2. The highest BCUT2D eigenvalue weighted by molar-refractivity contribution is 5.98. The Morgan fingerprint density at radius 1 is 1.10 bits per heavy atom. The number of rotatable bonds is 3. The lowest BCUT2D eigenvalue weighted by Crippen LogP contribution is -2.05. The highest BCUT2D eigenvalue weighted by atomic mass is 16.5. The Labute approximate surface area is 123 Å². The number of carbonyl (C=O) groups is 1. The van der Waals surface area contributed by atoms with E-state index in [0.717, 1.165) is 16.5 Å². The van der Waals surface area contributed by atoms with Crippen molar-refractivity contribution in [2.75, 3.05) is 7.11 Å². The zero-order valence-corrected chi connectivity index (χ0v) is 12.1. The Bertz CT molecular complexity index is 785. The molecule has 1 aromatic heterocycles. The first-order valence-electron chi connectivity index (χ1n) is 6.92. The van der Waals surface area contributed by atoms with Gasteiger partial charge in [0.15, 0.2) is 0 Å². The number of para-hydroxylation sites is 1. The molecule has 0 aliphatic heterocycles. The minimum Gasteiger partial charge on any atom is -0.464 e. The smallest absolute Gasteiger partial charge is 0.354 e. The van der Waals surface area contributed by atoms with Crippen molar-refractivity contribution in [2.24, 2.45) is 0 Å². The molecule has 0 spiro atoms. The van der Waals surface area contributed by atoms with Crippen LogP contribution in [0, 0.1) is 6.92 Å². The number of fused-ring (bicyclic) bond motifs is 1. The minimum atomic E-state index is -0.326. The molecule has 0 bridgehead atoms. The standard InChI is InChI=1S/C18H17NO2/c1-12-7-9-13(10-8-12)11-15-14-5-3-4-6-16(14)19-17(15)18(20)21-2/h3-10,19H,11H2,1-2H3. The van der Waals surface area contributed by atoms with Crippen molar-refractivity contribution in [1.29, 1.82) is 0 Å². The number of hydrogen-bond acceptors (Lipinski definition) is 2. The molecule has 3 aromatic rings. The molecule has 0 amide bonds. The Balaban J connectivity index is 2.10. The Morgan fingerprint density at radius 2 is 1.81 bits per heavy atom. The fourth-order valence-corrected chi connectivity index (χ4v) is 2.57. The van der Waals surface area contributed by atoms with Gasteiger partial charge in [-0.05, 0) is 24.1 Å². The average molecular weight is 279 g/mol. The van der Waals surface area contributed by atoms with Crippen LogP contribution in [0.4, 0.5) is 0 Å². The van der Waals surface area contributed by atoms with Crippen molar-refractivity contribution < 1.29 is 9.53 Å². The summed E-state index contributed by atoms with van der Waals surface area (Å²) in [5.74, 6) is -0.326. The molecule has 0 radical (unpaired) electrons. The van der Waals surface area contributed by atoms with Gasteiger partial charge in [0.25, 0.3) is 0 Å². The summed E-state index contributed by atoms with van der Waals surface area (Å²) in [6, 6.07) is 16.3. The van der Waals surface area contributed by atoms with E-state index in [1.54, 1.807) is 0 Å². The van der Waals surface area contributed by atoms with E-state index in [0.29, 0.717) is 12.1 Å². The van der Waals surface area contributed by atoms with Crippen LogP contribution in [0.3, 0.4) is 0 Å². The molecule has 21 heavy (non-hydrogen) atoms. The van der Waals surface area contributed by atoms with E-state index in [1.807, 2.05) is 24.3 Å². The highest BCUT2D eigenvalue weighted by Crippen LogP contribution is 2.25. The van der Waals surface area contributed by atoms with Crippen LogP contribution in [0.2, 0.25) is 0 Å². The average Bonchev–Trinajstić information content (AvgIpc) is 2.88. The zero-order chi connectivity index (χ0) is 14.8. The molecule has 0 aliphatic carbocycles. The topological polar surface area (TPSA) is 42.1 Å². The number of aromatic amines is 1. The van der Waals surface area contributed by atoms with Gasteiger partial charge in [-0.3, -0.25) is 0 Å². The third-order valence-corrected chi connectivity index (χ3v) is 3.70. The summed E-state index contributed by atoms with van der Waals surface area (Å²) in [6.45, 7) is 2.06. The van der Waals surface area contributed by atoms with E-state index >= 15 is 0 Å². The largest absolute Gasteiger partial charge is 0.464 e. The van der Waals surface area contributed by atoms with Crippen molar-refractivity contribution in [1.82, 2.24) is 4.98 Å². The van der Waals surface area contributed by atoms with Crippen LogP contribution in [-0.2, 0) is 11.2 Å². The number of methoxy groups -OCH3 is 1. The van der Waals surface area contributed by atoms with Gasteiger partial charge in [0, 0.05) is 17.3 Å². The molecule has 3 heteroatoms. The van der Waals surface area contributed by atoms with Crippen LogP contribution in [0.15, 0.2) is 48.5 Å². The van der Waals surface area contributed by atoms with Gasteiger partial charge >= 0.3 is 5.97 Å². The van der Waals surface area contributed by atoms with E-state index in [4.69, 9.17) is 4.74 Å². The van der Waals surface area contributed by atoms with E-state index in [-0.39, 0.29) is 5.97 Å². The summed E-state index contributed by atoms with van der Waals surface area (Å²) in [5.41, 5.74) is 4.89. The second kappa shape index (κ2) is 5.44. The number of esters is 1. The van der Waals surface area contributed by atoms with Crippen LogP contribution >= 0.6 is 0 Å².